The third-order valence-corrected chi connectivity index (χ3v) is 5.84. The molecule has 2 fully saturated rings. The summed E-state index contributed by atoms with van der Waals surface area (Å²) in [5, 5.41) is 3.19. The van der Waals surface area contributed by atoms with E-state index in [4.69, 9.17) is 5.73 Å². The third kappa shape index (κ3) is 5.59. The van der Waals surface area contributed by atoms with Gasteiger partial charge < -0.3 is 16.0 Å². The predicted molar refractivity (Wildman–Crippen MR) is 112 cm³/mol. The first-order valence-corrected chi connectivity index (χ1v) is 9.29. The van der Waals surface area contributed by atoms with Crippen molar-refractivity contribution in [3.63, 3.8) is 0 Å². The number of hydrogen-bond acceptors (Lipinski definition) is 3. The second kappa shape index (κ2) is 10.5. The SMILES string of the molecule is CN(C)Cc1ccccc1CNC(=O)C1CC2CCCC(C1)C2N.Cl.Cl. The number of nitrogens with one attached hydrogen (secondary N) is 1. The van der Waals surface area contributed by atoms with Crippen molar-refractivity contribution in [2.24, 2.45) is 23.5 Å². The van der Waals surface area contributed by atoms with Crippen molar-refractivity contribution < 1.29 is 4.79 Å². The number of carbonyl (C=O) groups excluding carboxylic acids is 1. The van der Waals surface area contributed by atoms with Gasteiger partial charge in [-0.25, -0.2) is 0 Å². The zero-order chi connectivity index (χ0) is 17.1. The number of hydrogen-bond donors (Lipinski definition) is 2. The fourth-order valence-electron chi connectivity index (χ4n) is 4.55. The molecule has 0 aliphatic heterocycles. The maximum absolute atomic E-state index is 12.7. The van der Waals surface area contributed by atoms with Gasteiger partial charge in [0, 0.05) is 25.0 Å². The molecule has 4 nitrogen and oxygen atoms in total. The fraction of sp³-hybridized carbons (Fsp3) is 0.650. The van der Waals surface area contributed by atoms with Crippen LogP contribution in [0.5, 0.6) is 0 Å². The largest absolute Gasteiger partial charge is 0.352 e. The van der Waals surface area contributed by atoms with Gasteiger partial charge in [-0.3, -0.25) is 4.79 Å². The highest BCUT2D eigenvalue weighted by atomic mass is 35.5. The molecule has 26 heavy (non-hydrogen) atoms. The Morgan fingerprint density at radius 2 is 1.69 bits per heavy atom. The number of nitrogens with zero attached hydrogens (tertiary/aromatic N) is 1. The molecule has 3 rings (SSSR count). The van der Waals surface area contributed by atoms with Crippen LogP contribution in [0.25, 0.3) is 0 Å². The molecule has 0 radical (unpaired) electrons. The molecule has 1 amide bonds. The van der Waals surface area contributed by atoms with E-state index < -0.39 is 0 Å². The Bertz CT molecular complexity index is 568. The topological polar surface area (TPSA) is 58.4 Å². The van der Waals surface area contributed by atoms with Gasteiger partial charge in [0.2, 0.25) is 5.91 Å². The van der Waals surface area contributed by atoms with Crippen molar-refractivity contribution in [2.45, 2.75) is 51.2 Å². The van der Waals surface area contributed by atoms with E-state index in [0.717, 1.165) is 19.4 Å². The predicted octanol–water partition coefficient (Wildman–Crippen LogP) is 3.36. The lowest BCUT2D eigenvalue weighted by Gasteiger charge is -2.43. The summed E-state index contributed by atoms with van der Waals surface area (Å²) in [5.74, 6) is 1.48. The summed E-state index contributed by atoms with van der Waals surface area (Å²) in [6.07, 6.45) is 5.64. The molecule has 0 spiro atoms. The van der Waals surface area contributed by atoms with Crippen LogP contribution in [-0.2, 0) is 17.9 Å². The Hall–Kier alpha value is -0.810. The number of carbonyl (C=O) groups is 1. The van der Waals surface area contributed by atoms with Gasteiger partial charge in [-0.2, -0.15) is 0 Å². The molecule has 2 saturated carbocycles. The molecular weight excluding hydrogens is 369 g/mol. The Morgan fingerprint density at radius 3 is 2.27 bits per heavy atom. The Labute approximate surface area is 170 Å². The monoisotopic (exact) mass is 401 g/mol. The van der Waals surface area contributed by atoms with E-state index in [1.165, 1.54) is 30.4 Å². The van der Waals surface area contributed by atoms with Gasteiger partial charge in [-0.15, -0.1) is 24.8 Å². The number of halogens is 2. The summed E-state index contributed by atoms with van der Waals surface area (Å²) in [4.78, 5) is 14.8. The summed E-state index contributed by atoms with van der Waals surface area (Å²) >= 11 is 0. The second-order valence-corrected chi connectivity index (χ2v) is 7.92. The highest BCUT2D eigenvalue weighted by Gasteiger charge is 2.40. The lowest BCUT2D eigenvalue weighted by Crippen LogP contribution is -2.49. The first-order valence-electron chi connectivity index (χ1n) is 9.29. The molecule has 1 aromatic carbocycles. The van der Waals surface area contributed by atoms with Crippen molar-refractivity contribution in [1.29, 1.82) is 0 Å². The minimum Gasteiger partial charge on any atom is -0.352 e. The highest BCUT2D eigenvalue weighted by Crippen LogP contribution is 2.41. The van der Waals surface area contributed by atoms with E-state index in [-0.39, 0.29) is 36.6 Å². The van der Waals surface area contributed by atoms with Gasteiger partial charge in [0.05, 0.1) is 0 Å². The van der Waals surface area contributed by atoms with Gasteiger partial charge in [0.15, 0.2) is 0 Å². The summed E-state index contributed by atoms with van der Waals surface area (Å²) in [6, 6.07) is 8.69. The molecule has 6 heteroatoms. The third-order valence-electron chi connectivity index (χ3n) is 5.84. The normalized spacial score (nSPS) is 27.2. The molecule has 2 unspecified atom stereocenters. The van der Waals surface area contributed by atoms with Crippen molar-refractivity contribution in [1.82, 2.24) is 10.2 Å². The first-order chi connectivity index (χ1) is 11.5. The molecule has 0 saturated heterocycles. The minimum absolute atomic E-state index is 0. The first kappa shape index (κ1) is 23.2. The standard InChI is InChI=1S/C20H31N3O.2ClH/c1-23(2)13-17-7-4-3-6-16(17)12-22-20(24)18-10-14-8-5-9-15(11-18)19(14)21;;/h3-4,6-7,14-15,18-19H,5,8-13,21H2,1-2H3,(H,22,24);2*1H. The second-order valence-electron chi connectivity index (χ2n) is 7.92. The Balaban J connectivity index is 0.00000169. The summed E-state index contributed by atoms with van der Waals surface area (Å²) in [7, 11) is 4.14. The lowest BCUT2D eigenvalue weighted by molar-refractivity contribution is -0.128. The van der Waals surface area contributed by atoms with Gasteiger partial charge in [-0.1, -0.05) is 30.7 Å². The van der Waals surface area contributed by atoms with E-state index >= 15 is 0 Å². The van der Waals surface area contributed by atoms with E-state index in [9.17, 15) is 4.79 Å². The van der Waals surface area contributed by atoms with Crippen molar-refractivity contribution in [2.75, 3.05) is 14.1 Å². The summed E-state index contributed by atoms with van der Waals surface area (Å²) < 4.78 is 0. The van der Waals surface area contributed by atoms with Crippen molar-refractivity contribution in [3.05, 3.63) is 35.4 Å². The smallest absolute Gasteiger partial charge is 0.223 e. The van der Waals surface area contributed by atoms with Crippen LogP contribution < -0.4 is 11.1 Å². The quantitative estimate of drug-likeness (QED) is 0.794. The van der Waals surface area contributed by atoms with Crippen LogP contribution in [0, 0.1) is 17.8 Å². The van der Waals surface area contributed by atoms with Crippen LogP contribution in [-0.4, -0.2) is 30.9 Å². The van der Waals surface area contributed by atoms with Crippen LogP contribution in [0.15, 0.2) is 24.3 Å². The molecule has 0 heterocycles. The Morgan fingerprint density at radius 1 is 1.12 bits per heavy atom. The van der Waals surface area contributed by atoms with Crippen LogP contribution >= 0.6 is 24.8 Å². The van der Waals surface area contributed by atoms with Crippen LogP contribution in [0.2, 0.25) is 0 Å². The van der Waals surface area contributed by atoms with Gasteiger partial charge in [-0.05, 0) is 62.7 Å². The van der Waals surface area contributed by atoms with Crippen molar-refractivity contribution >= 4 is 30.7 Å². The Kier molecular flexibility index (Phi) is 9.39. The maximum Gasteiger partial charge on any atom is 0.223 e. The molecule has 2 aliphatic rings. The number of fused-ring (bicyclic) bond motifs is 2. The van der Waals surface area contributed by atoms with E-state index in [0.29, 0.717) is 24.4 Å². The number of nitrogens with two attached hydrogens (primary N) is 1. The van der Waals surface area contributed by atoms with E-state index in [1.807, 2.05) is 6.07 Å². The highest BCUT2D eigenvalue weighted by molar-refractivity contribution is 5.85. The average Bonchev–Trinajstić information content (AvgIpc) is 2.53. The van der Waals surface area contributed by atoms with E-state index in [1.54, 1.807) is 0 Å². The molecule has 2 aliphatic carbocycles. The van der Waals surface area contributed by atoms with Gasteiger partial charge in [0.25, 0.3) is 0 Å². The molecule has 3 N–H and O–H groups in total. The number of rotatable bonds is 5. The van der Waals surface area contributed by atoms with Crippen LogP contribution in [0.3, 0.4) is 0 Å². The fourth-order valence-corrected chi connectivity index (χ4v) is 4.55. The van der Waals surface area contributed by atoms with E-state index in [2.05, 4.69) is 42.5 Å². The number of amides is 1. The minimum atomic E-state index is 0. The zero-order valence-electron chi connectivity index (χ0n) is 15.8. The van der Waals surface area contributed by atoms with Crippen LogP contribution in [0.1, 0.15) is 43.2 Å². The van der Waals surface area contributed by atoms with Gasteiger partial charge >= 0.3 is 0 Å². The zero-order valence-corrected chi connectivity index (χ0v) is 17.5. The number of benzene rings is 1. The average molecular weight is 402 g/mol. The molecule has 1 aromatic rings. The lowest BCUT2D eigenvalue weighted by atomic mass is 9.65. The molecule has 2 atom stereocenters. The molecular formula is C20H33Cl2N3O. The summed E-state index contributed by atoms with van der Waals surface area (Å²) in [5.41, 5.74) is 8.84. The maximum atomic E-state index is 12.7. The van der Waals surface area contributed by atoms with Crippen molar-refractivity contribution in [3.8, 4) is 0 Å². The summed E-state index contributed by atoms with van der Waals surface area (Å²) in [6.45, 7) is 1.52. The molecule has 2 bridgehead atoms. The molecule has 0 aromatic heterocycles. The van der Waals surface area contributed by atoms with Gasteiger partial charge in [0.1, 0.15) is 0 Å². The molecule has 148 valence electrons. The van der Waals surface area contributed by atoms with Crippen LogP contribution in [0.4, 0.5) is 0 Å².